The van der Waals surface area contributed by atoms with Crippen molar-refractivity contribution in [1.29, 1.82) is 0 Å². The molecule has 2 rings (SSSR count). The summed E-state index contributed by atoms with van der Waals surface area (Å²) in [6.45, 7) is 3.63. The molecule has 0 saturated carbocycles. The summed E-state index contributed by atoms with van der Waals surface area (Å²) in [5.41, 5.74) is 1.15. The van der Waals surface area contributed by atoms with Crippen LogP contribution in [0.4, 0.5) is 0 Å². The maximum atomic E-state index is 10.9. The summed E-state index contributed by atoms with van der Waals surface area (Å²) in [5.74, 6) is 0. The molecule has 0 aliphatic carbocycles. The van der Waals surface area contributed by atoms with E-state index in [1.54, 1.807) is 0 Å². The van der Waals surface area contributed by atoms with Crippen molar-refractivity contribution in [3.8, 4) is 0 Å². The highest BCUT2D eigenvalue weighted by molar-refractivity contribution is 6.70. The Morgan fingerprint density at radius 3 is 1.30 bits per heavy atom. The van der Waals surface area contributed by atoms with Gasteiger partial charge in [0.2, 0.25) is 0 Å². The summed E-state index contributed by atoms with van der Waals surface area (Å²) >= 11 is 15.6. The van der Waals surface area contributed by atoms with Crippen LogP contribution in [0.1, 0.15) is 36.6 Å². The van der Waals surface area contributed by atoms with Crippen molar-refractivity contribution in [1.82, 2.24) is 0 Å². The quantitative estimate of drug-likeness (QED) is 0.700. The van der Waals surface area contributed by atoms with Crippen molar-refractivity contribution in [2.24, 2.45) is 0 Å². The van der Waals surface area contributed by atoms with Crippen LogP contribution in [0.5, 0.6) is 0 Å². The van der Waals surface area contributed by atoms with E-state index in [-0.39, 0.29) is 16.7 Å². The molecule has 23 heavy (non-hydrogen) atoms. The third kappa shape index (κ3) is 6.37. The van der Waals surface area contributed by atoms with Crippen molar-refractivity contribution in [3.05, 3.63) is 77.4 Å². The third-order valence-corrected chi connectivity index (χ3v) is 3.30. The van der Waals surface area contributed by atoms with Gasteiger partial charge < -0.3 is 0 Å². The lowest BCUT2D eigenvalue weighted by atomic mass is 10.1. The molecular formula is C17H11Cl3O3. The Labute approximate surface area is 148 Å². The second-order valence-electron chi connectivity index (χ2n) is 4.23. The Kier molecular flexibility index (Phi) is 7.69. The van der Waals surface area contributed by atoms with Gasteiger partial charge in [-0.3, -0.25) is 14.4 Å². The second kappa shape index (κ2) is 9.26. The van der Waals surface area contributed by atoms with Crippen LogP contribution in [0.3, 0.4) is 0 Å². The van der Waals surface area contributed by atoms with Gasteiger partial charge in [-0.2, -0.15) is 0 Å². The van der Waals surface area contributed by atoms with Crippen molar-refractivity contribution < 1.29 is 14.4 Å². The zero-order chi connectivity index (χ0) is 17.4. The summed E-state index contributed by atoms with van der Waals surface area (Å²) in [6, 6.07) is 13.6. The fourth-order valence-corrected chi connectivity index (χ4v) is 1.88. The molecule has 6 heteroatoms. The summed E-state index contributed by atoms with van der Waals surface area (Å²) in [4.78, 5) is 32.6. The minimum atomic E-state index is -0.797. The first-order chi connectivity index (χ1) is 10.8. The van der Waals surface area contributed by atoms with E-state index in [0.717, 1.165) is 0 Å². The van der Waals surface area contributed by atoms with Gasteiger partial charge in [0.15, 0.2) is 0 Å². The van der Waals surface area contributed by atoms with Crippen LogP contribution in [0.25, 0.3) is 6.08 Å². The molecule has 0 radical (unpaired) electrons. The highest BCUT2D eigenvalue weighted by atomic mass is 35.5. The smallest absolute Gasteiger partial charge is 0.252 e. The van der Waals surface area contributed by atoms with E-state index in [1.807, 2.05) is 36.4 Å². The molecule has 0 bridgehead atoms. The van der Waals surface area contributed by atoms with Crippen LogP contribution in [0.2, 0.25) is 0 Å². The Morgan fingerprint density at radius 1 is 0.739 bits per heavy atom. The van der Waals surface area contributed by atoms with Gasteiger partial charge in [-0.1, -0.05) is 43.0 Å². The summed E-state index contributed by atoms with van der Waals surface area (Å²) in [6.07, 6.45) is 1.83. The molecule has 0 aliphatic heterocycles. The van der Waals surface area contributed by atoms with E-state index >= 15 is 0 Å². The van der Waals surface area contributed by atoms with Gasteiger partial charge in [-0.05, 0) is 58.6 Å². The number of halogens is 3. The molecule has 0 unspecified atom stereocenters. The number of carbonyl (C=O) groups excluding carboxylic acids is 3. The van der Waals surface area contributed by atoms with E-state index < -0.39 is 15.7 Å². The topological polar surface area (TPSA) is 51.2 Å². The lowest BCUT2D eigenvalue weighted by Crippen LogP contribution is -2.00. The molecule has 0 atom stereocenters. The molecule has 118 valence electrons. The predicted molar refractivity (Wildman–Crippen MR) is 93.5 cm³/mol. The molecule has 2 aromatic carbocycles. The number of hydrogen-bond donors (Lipinski definition) is 0. The largest absolute Gasteiger partial charge is 0.276 e. The Bertz CT molecular complexity index is 661. The summed E-state index contributed by atoms with van der Waals surface area (Å²) < 4.78 is 0. The van der Waals surface area contributed by atoms with Crippen LogP contribution >= 0.6 is 34.8 Å². The lowest BCUT2D eigenvalue weighted by molar-refractivity contribution is 0.108. The van der Waals surface area contributed by atoms with Crippen LogP contribution in [0, 0.1) is 0 Å². The fraction of sp³-hybridized carbons (Fsp3) is 0. The molecule has 0 aromatic heterocycles. The standard InChI is InChI=1S/C9H3Cl3O3.C8H8/c10-7(13)4-1-5(8(11)14)3-6(2-4)9(12)15;1-2-8-6-4-3-5-7-8/h1-3H;2-7H,1H2. The average Bonchev–Trinajstić information content (AvgIpc) is 2.55. The Balaban J connectivity index is 0.000000277. The minimum absolute atomic E-state index is 0.00725. The van der Waals surface area contributed by atoms with Gasteiger partial charge in [-0.15, -0.1) is 0 Å². The van der Waals surface area contributed by atoms with E-state index in [9.17, 15) is 14.4 Å². The highest BCUT2D eigenvalue weighted by Crippen LogP contribution is 2.16. The maximum absolute atomic E-state index is 10.9. The van der Waals surface area contributed by atoms with Crippen LogP contribution in [0.15, 0.2) is 55.1 Å². The fourth-order valence-electron chi connectivity index (χ4n) is 1.56. The van der Waals surface area contributed by atoms with E-state index in [0.29, 0.717) is 0 Å². The van der Waals surface area contributed by atoms with Crippen molar-refractivity contribution in [2.75, 3.05) is 0 Å². The molecule has 0 aliphatic rings. The van der Waals surface area contributed by atoms with Crippen molar-refractivity contribution >= 4 is 56.6 Å². The maximum Gasteiger partial charge on any atom is 0.252 e. The highest BCUT2D eigenvalue weighted by Gasteiger charge is 2.12. The molecule has 0 amide bonds. The molecule has 0 heterocycles. The van der Waals surface area contributed by atoms with Crippen LogP contribution < -0.4 is 0 Å². The van der Waals surface area contributed by atoms with Gasteiger partial charge in [0.05, 0.1) is 0 Å². The summed E-state index contributed by atoms with van der Waals surface area (Å²) in [5, 5.41) is -2.39. The normalized spacial score (nSPS) is 9.35. The average molecular weight is 370 g/mol. The molecular weight excluding hydrogens is 359 g/mol. The van der Waals surface area contributed by atoms with Gasteiger partial charge in [0.25, 0.3) is 15.7 Å². The van der Waals surface area contributed by atoms with E-state index in [1.165, 1.54) is 23.8 Å². The SMILES string of the molecule is C=Cc1ccccc1.O=C(Cl)c1cc(C(=O)Cl)cc(C(=O)Cl)c1. The van der Waals surface area contributed by atoms with Crippen LogP contribution in [-0.2, 0) is 0 Å². The van der Waals surface area contributed by atoms with Gasteiger partial charge >= 0.3 is 0 Å². The van der Waals surface area contributed by atoms with E-state index in [2.05, 4.69) is 6.58 Å². The molecule has 0 saturated heterocycles. The van der Waals surface area contributed by atoms with Crippen molar-refractivity contribution in [3.63, 3.8) is 0 Å². The number of hydrogen-bond acceptors (Lipinski definition) is 3. The zero-order valence-corrected chi connectivity index (χ0v) is 14.0. The van der Waals surface area contributed by atoms with Gasteiger partial charge in [-0.25, -0.2) is 0 Å². The Morgan fingerprint density at radius 2 is 1.09 bits per heavy atom. The van der Waals surface area contributed by atoms with E-state index in [4.69, 9.17) is 34.8 Å². The monoisotopic (exact) mass is 368 g/mol. The first kappa shape index (κ1) is 19.1. The predicted octanol–water partition coefficient (Wildman–Crippen LogP) is 5.15. The zero-order valence-electron chi connectivity index (χ0n) is 11.8. The number of carbonyl (C=O) groups is 3. The van der Waals surface area contributed by atoms with Gasteiger partial charge in [0, 0.05) is 16.7 Å². The minimum Gasteiger partial charge on any atom is -0.276 e. The van der Waals surface area contributed by atoms with Crippen molar-refractivity contribution in [2.45, 2.75) is 0 Å². The first-order valence-electron chi connectivity index (χ1n) is 6.27. The molecule has 0 fully saturated rings. The molecule has 0 spiro atoms. The third-order valence-electron chi connectivity index (χ3n) is 2.65. The number of rotatable bonds is 4. The number of benzene rings is 2. The second-order valence-corrected chi connectivity index (χ2v) is 5.26. The first-order valence-corrected chi connectivity index (χ1v) is 7.40. The van der Waals surface area contributed by atoms with Crippen LogP contribution in [-0.4, -0.2) is 15.7 Å². The Hall–Kier alpha value is -1.94. The molecule has 2 aromatic rings. The molecule has 0 N–H and O–H groups in total. The lowest BCUT2D eigenvalue weighted by Gasteiger charge is -2.00. The van der Waals surface area contributed by atoms with Gasteiger partial charge in [0.1, 0.15) is 0 Å². The summed E-state index contributed by atoms with van der Waals surface area (Å²) in [7, 11) is 0. The molecule has 3 nitrogen and oxygen atoms in total.